The minimum absolute atomic E-state index is 0.394. The third-order valence-electron chi connectivity index (χ3n) is 3.61. The molecule has 0 aromatic carbocycles. The Hall–Kier alpha value is -1.23. The Morgan fingerprint density at radius 2 is 2.06 bits per heavy atom. The second-order valence-corrected chi connectivity index (χ2v) is 5.24. The molecule has 0 amide bonds. The first kappa shape index (κ1) is 13.2. The summed E-state index contributed by atoms with van der Waals surface area (Å²) in [6.07, 6.45) is 3.54. The van der Waals surface area contributed by atoms with Gasteiger partial charge in [-0.05, 0) is 39.3 Å². The fraction of sp³-hybridized carbons (Fsp3) is 0.769. The Bertz CT molecular complexity index is 392. The molecule has 2 heterocycles. The maximum atomic E-state index is 6.11. The van der Waals surface area contributed by atoms with Crippen molar-refractivity contribution in [3.63, 3.8) is 0 Å². The Morgan fingerprint density at radius 1 is 1.39 bits per heavy atom. The molecule has 2 rings (SSSR count). The van der Waals surface area contributed by atoms with Crippen LogP contribution < -0.4 is 11.1 Å². The molecule has 1 saturated heterocycles. The van der Waals surface area contributed by atoms with Crippen LogP contribution in [-0.4, -0.2) is 40.4 Å². The molecule has 1 unspecified atom stereocenters. The Morgan fingerprint density at radius 3 is 2.61 bits per heavy atom. The normalized spacial score (nSPS) is 18.2. The number of nitrogens with two attached hydrogens (primary N) is 1. The molecular weight excluding hydrogens is 226 g/mol. The van der Waals surface area contributed by atoms with E-state index in [0.29, 0.717) is 6.04 Å². The van der Waals surface area contributed by atoms with Crippen molar-refractivity contribution in [2.24, 2.45) is 7.05 Å². The van der Waals surface area contributed by atoms with Gasteiger partial charge < -0.3 is 16.0 Å². The van der Waals surface area contributed by atoms with Gasteiger partial charge in [0.2, 0.25) is 0 Å². The maximum Gasteiger partial charge on any atom is 0.148 e. The fourth-order valence-electron chi connectivity index (χ4n) is 2.66. The van der Waals surface area contributed by atoms with Gasteiger partial charge in [0, 0.05) is 19.6 Å². The van der Waals surface area contributed by atoms with Gasteiger partial charge >= 0.3 is 0 Å². The summed E-state index contributed by atoms with van der Waals surface area (Å²) in [6.45, 7) is 7.82. The Kier molecular flexibility index (Phi) is 4.11. The lowest BCUT2D eigenvalue weighted by Crippen LogP contribution is -2.33. The molecule has 0 aliphatic carbocycles. The Labute approximate surface area is 109 Å². The van der Waals surface area contributed by atoms with Crippen LogP contribution in [0.5, 0.6) is 0 Å². The van der Waals surface area contributed by atoms with Crippen molar-refractivity contribution < 1.29 is 0 Å². The first-order valence-corrected chi connectivity index (χ1v) is 6.92. The van der Waals surface area contributed by atoms with E-state index in [-0.39, 0.29) is 0 Å². The zero-order valence-electron chi connectivity index (χ0n) is 11.7. The summed E-state index contributed by atoms with van der Waals surface area (Å²) in [4.78, 5) is 2.50. The van der Waals surface area contributed by atoms with E-state index in [9.17, 15) is 0 Å². The predicted molar refractivity (Wildman–Crippen MR) is 75.8 cm³/mol. The fourth-order valence-corrected chi connectivity index (χ4v) is 2.66. The Balaban J connectivity index is 1.97. The van der Waals surface area contributed by atoms with Crippen molar-refractivity contribution in [3.8, 4) is 0 Å². The molecule has 5 heteroatoms. The van der Waals surface area contributed by atoms with Gasteiger partial charge in [0.1, 0.15) is 5.82 Å². The number of nitrogens with one attached hydrogen (secondary N) is 1. The molecule has 1 fully saturated rings. The highest BCUT2D eigenvalue weighted by Crippen LogP contribution is 2.23. The zero-order valence-corrected chi connectivity index (χ0v) is 11.7. The molecule has 1 aliphatic rings. The van der Waals surface area contributed by atoms with E-state index >= 15 is 0 Å². The van der Waals surface area contributed by atoms with Gasteiger partial charge in [-0.2, -0.15) is 5.10 Å². The molecule has 0 bridgehead atoms. The zero-order chi connectivity index (χ0) is 13.1. The number of rotatable bonds is 5. The lowest BCUT2D eigenvalue weighted by molar-refractivity contribution is 0.327. The molecule has 1 atom stereocenters. The molecule has 0 spiro atoms. The van der Waals surface area contributed by atoms with E-state index in [2.05, 4.69) is 29.2 Å². The number of anilines is 2. The van der Waals surface area contributed by atoms with E-state index in [4.69, 9.17) is 5.73 Å². The summed E-state index contributed by atoms with van der Waals surface area (Å²) in [6, 6.07) is 0.394. The maximum absolute atomic E-state index is 6.11. The standard InChI is InChI=1S/C13H25N5/c1-4-11-12(14)13(17(3)16-11)15-10(2)9-18-7-5-6-8-18/h10,15H,4-9,14H2,1-3H3. The second-order valence-electron chi connectivity index (χ2n) is 5.24. The van der Waals surface area contributed by atoms with Gasteiger partial charge in [-0.1, -0.05) is 6.92 Å². The van der Waals surface area contributed by atoms with Gasteiger partial charge in [-0.3, -0.25) is 4.68 Å². The summed E-state index contributed by atoms with van der Waals surface area (Å²) in [7, 11) is 1.94. The van der Waals surface area contributed by atoms with Gasteiger partial charge in [-0.15, -0.1) is 0 Å². The van der Waals surface area contributed by atoms with Crippen LogP contribution in [-0.2, 0) is 13.5 Å². The van der Waals surface area contributed by atoms with Crippen LogP contribution in [0.4, 0.5) is 11.5 Å². The molecule has 102 valence electrons. The summed E-state index contributed by atoms with van der Waals surface area (Å²) < 4.78 is 1.86. The molecule has 1 aromatic rings. The molecule has 1 aromatic heterocycles. The average molecular weight is 251 g/mol. The van der Waals surface area contributed by atoms with Gasteiger partial charge in [-0.25, -0.2) is 0 Å². The van der Waals surface area contributed by atoms with Gasteiger partial charge in [0.15, 0.2) is 0 Å². The second kappa shape index (κ2) is 5.61. The minimum atomic E-state index is 0.394. The lowest BCUT2D eigenvalue weighted by atomic mass is 10.2. The lowest BCUT2D eigenvalue weighted by Gasteiger charge is -2.22. The first-order valence-electron chi connectivity index (χ1n) is 6.92. The van der Waals surface area contributed by atoms with Crippen molar-refractivity contribution in [3.05, 3.63) is 5.69 Å². The van der Waals surface area contributed by atoms with E-state index in [0.717, 1.165) is 30.2 Å². The minimum Gasteiger partial charge on any atom is -0.394 e. The molecule has 0 radical (unpaired) electrons. The third-order valence-corrected chi connectivity index (χ3v) is 3.61. The molecular formula is C13H25N5. The number of nitrogens with zero attached hydrogens (tertiary/aromatic N) is 3. The topological polar surface area (TPSA) is 59.1 Å². The summed E-state index contributed by atoms with van der Waals surface area (Å²) in [5, 5.41) is 7.92. The summed E-state index contributed by atoms with van der Waals surface area (Å²) in [5.74, 6) is 0.957. The summed E-state index contributed by atoms with van der Waals surface area (Å²) in [5.41, 5.74) is 7.89. The van der Waals surface area contributed by atoms with Crippen LogP contribution >= 0.6 is 0 Å². The van der Waals surface area contributed by atoms with E-state index in [1.54, 1.807) is 0 Å². The van der Waals surface area contributed by atoms with Crippen LogP contribution in [0.1, 0.15) is 32.4 Å². The number of aromatic nitrogens is 2. The largest absolute Gasteiger partial charge is 0.394 e. The van der Waals surface area contributed by atoms with Gasteiger partial charge in [0.25, 0.3) is 0 Å². The van der Waals surface area contributed by atoms with Crippen LogP contribution in [0.2, 0.25) is 0 Å². The smallest absolute Gasteiger partial charge is 0.148 e. The van der Waals surface area contributed by atoms with Crippen molar-refractivity contribution in [2.75, 3.05) is 30.7 Å². The SMILES string of the molecule is CCc1nn(C)c(NC(C)CN2CCCC2)c1N. The molecule has 18 heavy (non-hydrogen) atoms. The highest BCUT2D eigenvalue weighted by molar-refractivity contribution is 5.65. The predicted octanol–water partition coefficient (Wildman–Crippen LogP) is 1.46. The average Bonchev–Trinajstić information content (AvgIpc) is 2.92. The van der Waals surface area contributed by atoms with Crippen LogP contribution in [0.3, 0.4) is 0 Å². The van der Waals surface area contributed by atoms with E-state index in [1.165, 1.54) is 25.9 Å². The van der Waals surface area contributed by atoms with Gasteiger partial charge in [0.05, 0.1) is 11.4 Å². The number of hydrogen-bond acceptors (Lipinski definition) is 4. The highest BCUT2D eigenvalue weighted by Gasteiger charge is 2.17. The monoisotopic (exact) mass is 251 g/mol. The summed E-state index contributed by atoms with van der Waals surface area (Å²) >= 11 is 0. The van der Waals surface area contributed by atoms with Crippen LogP contribution in [0, 0.1) is 0 Å². The number of aryl methyl sites for hydroxylation is 2. The molecule has 1 aliphatic heterocycles. The molecule has 3 N–H and O–H groups in total. The number of likely N-dealkylation sites (tertiary alicyclic amines) is 1. The molecule has 0 saturated carbocycles. The number of hydrogen-bond donors (Lipinski definition) is 2. The highest BCUT2D eigenvalue weighted by atomic mass is 15.3. The van der Waals surface area contributed by atoms with Crippen molar-refractivity contribution in [2.45, 2.75) is 39.2 Å². The van der Waals surface area contributed by atoms with E-state index in [1.807, 2.05) is 11.7 Å². The third kappa shape index (κ3) is 2.77. The van der Waals surface area contributed by atoms with Crippen LogP contribution in [0.15, 0.2) is 0 Å². The van der Waals surface area contributed by atoms with E-state index < -0.39 is 0 Å². The first-order chi connectivity index (χ1) is 8.61. The van der Waals surface area contributed by atoms with Crippen molar-refractivity contribution in [1.29, 1.82) is 0 Å². The number of nitrogen functional groups attached to an aromatic ring is 1. The van der Waals surface area contributed by atoms with Crippen molar-refractivity contribution >= 4 is 11.5 Å². The van der Waals surface area contributed by atoms with Crippen LogP contribution in [0.25, 0.3) is 0 Å². The van der Waals surface area contributed by atoms with Crippen molar-refractivity contribution in [1.82, 2.24) is 14.7 Å². The quantitative estimate of drug-likeness (QED) is 0.832. The molecule has 5 nitrogen and oxygen atoms in total.